The van der Waals surface area contributed by atoms with Crippen molar-refractivity contribution in [2.24, 2.45) is 11.3 Å². The minimum absolute atomic E-state index is 0.108. The summed E-state index contributed by atoms with van der Waals surface area (Å²) in [6, 6.07) is 0.0870. The molecule has 1 N–H and O–H groups in total. The summed E-state index contributed by atoms with van der Waals surface area (Å²) in [4.78, 5) is 11.8. The number of hydrogen-bond acceptors (Lipinski definition) is 4. The molecular formula is C15H29NO3. The summed E-state index contributed by atoms with van der Waals surface area (Å²) >= 11 is 0. The van der Waals surface area contributed by atoms with Gasteiger partial charge in [0, 0.05) is 18.1 Å². The van der Waals surface area contributed by atoms with Gasteiger partial charge < -0.3 is 14.8 Å². The SMILES string of the molecule is CCOC1CC(NC(C(=O)OC)C(C)C)C1(C)CC. The topological polar surface area (TPSA) is 47.6 Å². The van der Waals surface area contributed by atoms with E-state index in [1.807, 2.05) is 20.8 Å². The van der Waals surface area contributed by atoms with Gasteiger partial charge in [-0.25, -0.2) is 0 Å². The van der Waals surface area contributed by atoms with Gasteiger partial charge in [-0.05, 0) is 25.7 Å². The molecule has 0 aliphatic heterocycles. The Labute approximate surface area is 117 Å². The summed E-state index contributed by atoms with van der Waals surface area (Å²) in [6.07, 6.45) is 2.31. The summed E-state index contributed by atoms with van der Waals surface area (Å²) in [5, 5.41) is 3.48. The molecule has 0 heterocycles. The molecule has 0 spiro atoms. The predicted molar refractivity (Wildman–Crippen MR) is 76.0 cm³/mol. The van der Waals surface area contributed by atoms with E-state index in [2.05, 4.69) is 19.2 Å². The maximum Gasteiger partial charge on any atom is 0.323 e. The van der Waals surface area contributed by atoms with Gasteiger partial charge in [0.1, 0.15) is 6.04 Å². The van der Waals surface area contributed by atoms with Gasteiger partial charge in [-0.1, -0.05) is 27.7 Å². The molecule has 0 radical (unpaired) electrons. The maximum atomic E-state index is 11.8. The van der Waals surface area contributed by atoms with Crippen LogP contribution in [0.1, 0.15) is 47.5 Å². The van der Waals surface area contributed by atoms with Crippen molar-refractivity contribution in [2.45, 2.75) is 65.6 Å². The fraction of sp³-hybridized carbons (Fsp3) is 0.933. The molecule has 0 saturated heterocycles. The zero-order valence-electron chi connectivity index (χ0n) is 13.2. The number of carbonyl (C=O) groups is 1. The van der Waals surface area contributed by atoms with Crippen LogP contribution in [0, 0.1) is 11.3 Å². The number of methoxy groups -OCH3 is 1. The van der Waals surface area contributed by atoms with Crippen molar-refractivity contribution in [3.05, 3.63) is 0 Å². The molecule has 19 heavy (non-hydrogen) atoms. The van der Waals surface area contributed by atoms with E-state index in [9.17, 15) is 4.79 Å². The molecule has 1 fully saturated rings. The second-order valence-electron chi connectivity index (χ2n) is 6.00. The molecule has 1 rings (SSSR count). The monoisotopic (exact) mass is 271 g/mol. The molecule has 1 aliphatic carbocycles. The average molecular weight is 271 g/mol. The lowest BCUT2D eigenvalue weighted by molar-refractivity contribution is -0.151. The standard InChI is InChI=1S/C15H29NO3/c1-7-15(5)11(9-12(15)19-8-2)16-13(10(3)4)14(17)18-6/h10-13,16H,7-9H2,1-6H3. The molecule has 0 bridgehead atoms. The Bertz CT molecular complexity index is 306. The van der Waals surface area contributed by atoms with E-state index < -0.39 is 0 Å². The highest BCUT2D eigenvalue weighted by molar-refractivity contribution is 5.76. The first-order valence-electron chi connectivity index (χ1n) is 7.36. The number of esters is 1. The van der Waals surface area contributed by atoms with Crippen molar-refractivity contribution in [2.75, 3.05) is 13.7 Å². The molecule has 0 amide bonds. The lowest BCUT2D eigenvalue weighted by atomic mass is 9.61. The van der Waals surface area contributed by atoms with Crippen LogP contribution in [-0.4, -0.2) is 37.9 Å². The van der Waals surface area contributed by atoms with Gasteiger partial charge in [0.15, 0.2) is 0 Å². The van der Waals surface area contributed by atoms with Gasteiger partial charge >= 0.3 is 5.97 Å². The Morgan fingerprint density at radius 3 is 2.47 bits per heavy atom. The van der Waals surface area contributed by atoms with Crippen LogP contribution in [0.15, 0.2) is 0 Å². The molecule has 4 nitrogen and oxygen atoms in total. The molecule has 0 aromatic rings. The lowest BCUT2D eigenvalue weighted by Crippen LogP contribution is -2.65. The average Bonchev–Trinajstić information content (AvgIpc) is 2.39. The first-order chi connectivity index (χ1) is 8.90. The summed E-state index contributed by atoms with van der Waals surface area (Å²) in [5.74, 6) is 0.0491. The second-order valence-corrected chi connectivity index (χ2v) is 6.00. The van der Waals surface area contributed by atoms with Crippen LogP contribution < -0.4 is 5.32 Å². The second kappa shape index (κ2) is 6.71. The number of ether oxygens (including phenoxy) is 2. The highest BCUT2D eigenvalue weighted by Crippen LogP contribution is 2.46. The highest BCUT2D eigenvalue weighted by atomic mass is 16.5. The number of rotatable bonds is 7. The molecular weight excluding hydrogens is 242 g/mol. The van der Waals surface area contributed by atoms with E-state index in [0.29, 0.717) is 12.1 Å². The fourth-order valence-electron chi connectivity index (χ4n) is 2.88. The van der Waals surface area contributed by atoms with Gasteiger partial charge in [0.05, 0.1) is 13.2 Å². The van der Waals surface area contributed by atoms with Crippen LogP contribution in [0.2, 0.25) is 0 Å². The Morgan fingerprint density at radius 2 is 2.05 bits per heavy atom. The molecule has 4 heteroatoms. The molecule has 4 unspecified atom stereocenters. The summed E-state index contributed by atoms with van der Waals surface area (Å²) in [6.45, 7) is 11.3. The molecule has 0 aromatic carbocycles. The van der Waals surface area contributed by atoms with E-state index >= 15 is 0 Å². The number of nitrogens with one attached hydrogen (secondary N) is 1. The van der Waals surface area contributed by atoms with Gasteiger partial charge in [0.2, 0.25) is 0 Å². The number of carbonyl (C=O) groups excluding carboxylic acids is 1. The van der Waals surface area contributed by atoms with Crippen molar-refractivity contribution in [1.29, 1.82) is 0 Å². The van der Waals surface area contributed by atoms with E-state index in [1.165, 1.54) is 7.11 Å². The molecule has 1 aliphatic rings. The van der Waals surface area contributed by atoms with Crippen LogP contribution in [0.3, 0.4) is 0 Å². The third-order valence-electron chi connectivity index (χ3n) is 4.61. The van der Waals surface area contributed by atoms with Crippen molar-refractivity contribution in [3.63, 3.8) is 0 Å². The van der Waals surface area contributed by atoms with Crippen molar-refractivity contribution in [3.8, 4) is 0 Å². The first kappa shape index (κ1) is 16.4. The van der Waals surface area contributed by atoms with E-state index in [4.69, 9.17) is 9.47 Å². The minimum atomic E-state index is -0.233. The number of hydrogen-bond donors (Lipinski definition) is 1. The smallest absolute Gasteiger partial charge is 0.323 e. The third-order valence-corrected chi connectivity index (χ3v) is 4.61. The Hall–Kier alpha value is -0.610. The van der Waals surface area contributed by atoms with Crippen LogP contribution in [0.4, 0.5) is 0 Å². The fourth-order valence-corrected chi connectivity index (χ4v) is 2.88. The summed E-state index contributed by atoms with van der Waals surface area (Å²) < 4.78 is 10.7. The summed E-state index contributed by atoms with van der Waals surface area (Å²) in [7, 11) is 1.45. The van der Waals surface area contributed by atoms with Gasteiger partial charge in [0.25, 0.3) is 0 Å². The Balaban J connectivity index is 2.68. The first-order valence-corrected chi connectivity index (χ1v) is 7.36. The van der Waals surface area contributed by atoms with Gasteiger partial charge in [-0.3, -0.25) is 4.79 Å². The van der Waals surface area contributed by atoms with Gasteiger partial charge in [-0.15, -0.1) is 0 Å². The normalized spacial score (nSPS) is 31.9. The van der Waals surface area contributed by atoms with Crippen molar-refractivity contribution < 1.29 is 14.3 Å². The molecule has 0 aromatic heterocycles. The molecule has 4 atom stereocenters. The van der Waals surface area contributed by atoms with Crippen molar-refractivity contribution >= 4 is 5.97 Å². The van der Waals surface area contributed by atoms with E-state index in [1.54, 1.807) is 0 Å². The minimum Gasteiger partial charge on any atom is -0.468 e. The maximum absolute atomic E-state index is 11.8. The predicted octanol–water partition coefficient (Wildman–Crippen LogP) is 2.37. The van der Waals surface area contributed by atoms with Gasteiger partial charge in [-0.2, -0.15) is 0 Å². The van der Waals surface area contributed by atoms with Crippen LogP contribution in [0.25, 0.3) is 0 Å². The van der Waals surface area contributed by atoms with Crippen molar-refractivity contribution in [1.82, 2.24) is 5.32 Å². The third kappa shape index (κ3) is 3.29. The highest BCUT2D eigenvalue weighted by Gasteiger charge is 2.52. The zero-order chi connectivity index (χ0) is 14.6. The lowest BCUT2D eigenvalue weighted by Gasteiger charge is -2.54. The largest absolute Gasteiger partial charge is 0.468 e. The van der Waals surface area contributed by atoms with Crippen LogP contribution >= 0.6 is 0 Å². The van der Waals surface area contributed by atoms with Crippen LogP contribution in [-0.2, 0) is 14.3 Å². The van der Waals surface area contributed by atoms with Crippen LogP contribution in [0.5, 0.6) is 0 Å². The molecule has 112 valence electrons. The van der Waals surface area contributed by atoms with E-state index in [0.717, 1.165) is 19.4 Å². The Morgan fingerprint density at radius 1 is 1.42 bits per heavy atom. The quantitative estimate of drug-likeness (QED) is 0.722. The summed E-state index contributed by atoms with van der Waals surface area (Å²) in [5.41, 5.74) is 0.108. The van der Waals surface area contributed by atoms with E-state index in [-0.39, 0.29) is 23.3 Å². The molecule has 1 saturated carbocycles. The zero-order valence-corrected chi connectivity index (χ0v) is 13.2. The Kier molecular flexibility index (Phi) is 5.81.